The largest absolute Gasteiger partial charge is 0.493 e. The summed E-state index contributed by atoms with van der Waals surface area (Å²) in [6, 6.07) is 16.4. The van der Waals surface area contributed by atoms with Crippen LogP contribution in [0.25, 0.3) is 6.08 Å². The Balaban J connectivity index is 1.36. The first kappa shape index (κ1) is 21.5. The molecule has 1 saturated heterocycles. The number of carbonyl (C=O) groups excluding carboxylic acids is 1. The number of piperidine rings is 1. The highest BCUT2D eigenvalue weighted by molar-refractivity contribution is 8.18. The number of amidine groups is 1. The fourth-order valence-electron chi connectivity index (χ4n) is 4.01. The molecule has 162 valence electrons. The molecule has 4 rings (SSSR count). The molecule has 31 heavy (non-hydrogen) atoms. The van der Waals surface area contributed by atoms with Crippen molar-refractivity contribution in [3.8, 4) is 11.5 Å². The Hall–Kier alpha value is -2.73. The van der Waals surface area contributed by atoms with Gasteiger partial charge in [-0.05, 0) is 73.2 Å². The minimum atomic E-state index is -0.167. The Bertz CT molecular complexity index is 980. The van der Waals surface area contributed by atoms with Gasteiger partial charge in [0, 0.05) is 13.1 Å². The lowest BCUT2D eigenvalue weighted by molar-refractivity contribution is -0.113. The van der Waals surface area contributed by atoms with Gasteiger partial charge in [0.25, 0.3) is 5.91 Å². The first-order chi connectivity index (χ1) is 15.2. The van der Waals surface area contributed by atoms with Crippen molar-refractivity contribution in [1.29, 1.82) is 0 Å². The average molecular weight is 437 g/mol. The number of carbonyl (C=O) groups is 1. The highest BCUT2D eigenvalue weighted by Gasteiger charge is 2.29. The minimum absolute atomic E-state index is 0.167. The van der Waals surface area contributed by atoms with Gasteiger partial charge in [0.1, 0.15) is 0 Å². The van der Waals surface area contributed by atoms with Crippen LogP contribution >= 0.6 is 11.8 Å². The molecule has 0 spiro atoms. The van der Waals surface area contributed by atoms with Crippen LogP contribution in [0.15, 0.2) is 58.4 Å². The fraction of sp³-hybridized carbons (Fsp3) is 0.360. The fourth-order valence-corrected chi connectivity index (χ4v) is 4.97. The van der Waals surface area contributed by atoms with E-state index in [9.17, 15) is 4.79 Å². The topological polar surface area (TPSA) is 51.1 Å². The third-order valence-electron chi connectivity index (χ3n) is 5.65. The number of benzene rings is 2. The molecule has 1 fully saturated rings. The van der Waals surface area contributed by atoms with Gasteiger partial charge < -0.3 is 14.4 Å². The van der Waals surface area contributed by atoms with Crippen LogP contribution in [0, 0.1) is 5.92 Å². The van der Waals surface area contributed by atoms with E-state index in [4.69, 9.17) is 9.47 Å². The monoisotopic (exact) mass is 436 g/mol. The van der Waals surface area contributed by atoms with Crippen molar-refractivity contribution < 1.29 is 14.3 Å². The van der Waals surface area contributed by atoms with Crippen molar-refractivity contribution in [2.45, 2.75) is 26.2 Å². The summed E-state index contributed by atoms with van der Waals surface area (Å²) in [5, 5.41) is 0.826. The van der Waals surface area contributed by atoms with E-state index < -0.39 is 0 Å². The number of ether oxygens (including phenoxy) is 2. The van der Waals surface area contributed by atoms with E-state index in [2.05, 4.69) is 40.2 Å². The van der Waals surface area contributed by atoms with Crippen molar-refractivity contribution in [3.63, 3.8) is 0 Å². The summed E-state index contributed by atoms with van der Waals surface area (Å²) < 4.78 is 11.0. The quantitative estimate of drug-likeness (QED) is 0.595. The van der Waals surface area contributed by atoms with Crippen molar-refractivity contribution in [3.05, 3.63) is 64.6 Å². The second-order valence-corrected chi connectivity index (χ2v) is 8.78. The van der Waals surface area contributed by atoms with Gasteiger partial charge in [-0.3, -0.25) is 4.79 Å². The molecule has 6 heteroatoms. The zero-order chi connectivity index (χ0) is 21.6. The van der Waals surface area contributed by atoms with Gasteiger partial charge in [0.15, 0.2) is 16.7 Å². The van der Waals surface area contributed by atoms with E-state index in [1.807, 2.05) is 31.2 Å². The summed E-state index contributed by atoms with van der Waals surface area (Å²) in [4.78, 5) is 19.7. The molecule has 2 aromatic carbocycles. The van der Waals surface area contributed by atoms with Crippen LogP contribution in [0.4, 0.5) is 0 Å². The number of likely N-dealkylation sites (tertiary alicyclic amines) is 1. The number of thioether (sulfide) groups is 1. The second kappa shape index (κ2) is 10.1. The number of amides is 1. The summed E-state index contributed by atoms with van der Waals surface area (Å²) >= 11 is 1.47. The van der Waals surface area contributed by atoms with E-state index >= 15 is 0 Å². The molecular formula is C25H28N2O3S. The van der Waals surface area contributed by atoms with Gasteiger partial charge in [0.05, 0.1) is 18.6 Å². The summed E-state index contributed by atoms with van der Waals surface area (Å²) in [5.74, 6) is 1.88. The molecule has 2 aliphatic heterocycles. The van der Waals surface area contributed by atoms with E-state index in [-0.39, 0.29) is 5.91 Å². The predicted octanol–water partition coefficient (Wildman–Crippen LogP) is 5.02. The normalized spacial score (nSPS) is 18.4. The maximum Gasteiger partial charge on any atom is 0.286 e. The Labute approximate surface area is 188 Å². The van der Waals surface area contributed by atoms with Gasteiger partial charge in [-0.2, -0.15) is 4.99 Å². The standard InChI is InChI=1S/C25H28N2O3S/c1-3-30-21-10-9-20(16-22(21)29-2)17-23-24(28)26-25(31-23)27-13-11-19(12-14-27)15-18-7-5-4-6-8-18/h4-10,16-17,19H,3,11-15H2,1-2H3/b23-17-. The summed E-state index contributed by atoms with van der Waals surface area (Å²) in [7, 11) is 1.62. The van der Waals surface area contributed by atoms with Gasteiger partial charge in [-0.25, -0.2) is 0 Å². The molecule has 0 unspecified atom stereocenters. The SMILES string of the molecule is CCOc1ccc(/C=C2\SC(N3CCC(Cc4ccccc4)CC3)=NC2=O)cc1OC. The van der Waals surface area contributed by atoms with Crippen LogP contribution < -0.4 is 9.47 Å². The number of hydrogen-bond acceptors (Lipinski definition) is 5. The van der Waals surface area contributed by atoms with Gasteiger partial charge in [-0.15, -0.1) is 0 Å². The molecule has 2 aliphatic rings. The molecular weight excluding hydrogens is 408 g/mol. The minimum Gasteiger partial charge on any atom is -0.493 e. The van der Waals surface area contributed by atoms with Crippen molar-refractivity contribution in [1.82, 2.24) is 4.90 Å². The second-order valence-electron chi connectivity index (χ2n) is 7.77. The molecule has 0 saturated carbocycles. The number of aliphatic imine (C=N–C) groups is 1. The molecule has 0 N–H and O–H groups in total. The molecule has 1 amide bonds. The molecule has 0 aromatic heterocycles. The van der Waals surface area contributed by atoms with Crippen molar-refractivity contribution in [2.24, 2.45) is 10.9 Å². The Morgan fingerprint density at radius 2 is 1.90 bits per heavy atom. The first-order valence-electron chi connectivity index (χ1n) is 10.8. The molecule has 2 heterocycles. The molecule has 0 radical (unpaired) electrons. The van der Waals surface area contributed by atoms with Crippen LogP contribution in [0.1, 0.15) is 30.9 Å². The number of rotatable bonds is 6. The van der Waals surface area contributed by atoms with E-state index in [0.29, 0.717) is 28.9 Å². The van der Waals surface area contributed by atoms with Crippen LogP contribution in [0.5, 0.6) is 11.5 Å². The number of nitrogens with zero attached hydrogens (tertiary/aromatic N) is 2. The van der Waals surface area contributed by atoms with Crippen LogP contribution in [-0.4, -0.2) is 42.8 Å². The lowest BCUT2D eigenvalue weighted by Gasteiger charge is -2.32. The molecule has 5 nitrogen and oxygen atoms in total. The highest BCUT2D eigenvalue weighted by Crippen LogP contribution is 2.34. The Morgan fingerprint density at radius 1 is 1.13 bits per heavy atom. The number of hydrogen-bond donors (Lipinski definition) is 0. The van der Waals surface area contributed by atoms with Crippen LogP contribution in [-0.2, 0) is 11.2 Å². The van der Waals surface area contributed by atoms with Gasteiger partial charge >= 0.3 is 0 Å². The number of methoxy groups -OCH3 is 1. The van der Waals surface area contributed by atoms with E-state index in [1.54, 1.807) is 7.11 Å². The Morgan fingerprint density at radius 3 is 2.61 bits per heavy atom. The van der Waals surface area contributed by atoms with Crippen molar-refractivity contribution >= 4 is 28.9 Å². The zero-order valence-electron chi connectivity index (χ0n) is 18.0. The van der Waals surface area contributed by atoms with Gasteiger partial charge in [-0.1, -0.05) is 36.4 Å². The molecule has 0 atom stereocenters. The van der Waals surface area contributed by atoms with Gasteiger partial charge in [0.2, 0.25) is 0 Å². The van der Waals surface area contributed by atoms with E-state index in [1.165, 1.54) is 17.3 Å². The zero-order valence-corrected chi connectivity index (χ0v) is 18.9. The Kier molecular flexibility index (Phi) is 6.97. The summed E-state index contributed by atoms with van der Waals surface area (Å²) in [6.45, 7) is 4.40. The van der Waals surface area contributed by atoms with Crippen molar-refractivity contribution in [2.75, 3.05) is 26.8 Å². The lowest BCUT2D eigenvalue weighted by Crippen LogP contribution is -2.37. The predicted molar refractivity (Wildman–Crippen MR) is 127 cm³/mol. The summed E-state index contributed by atoms with van der Waals surface area (Å²) in [5.41, 5.74) is 2.30. The maximum atomic E-state index is 12.5. The third kappa shape index (κ3) is 5.31. The lowest BCUT2D eigenvalue weighted by atomic mass is 9.90. The third-order valence-corrected chi connectivity index (χ3v) is 6.69. The smallest absolute Gasteiger partial charge is 0.286 e. The van der Waals surface area contributed by atoms with E-state index in [0.717, 1.165) is 43.1 Å². The highest BCUT2D eigenvalue weighted by atomic mass is 32.2. The molecule has 2 aromatic rings. The molecule has 0 bridgehead atoms. The summed E-state index contributed by atoms with van der Waals surface area (Å²) in [6.07, 6.45) is 5.25. The maximum absolute atomic E-state index is 12.5. The van der Waals surface area contributed by atoms with Crippen LogP contribution in [0.3, 0.4) is 0 Å². The first-order valence-corrected chi connectivity index (χ1v) is 11.6. The van der Waals surface area contributed by atoms with Crippen LogP contribution in [0.2, 0.25) is 0 Å². The average Bonchev–Trinajstić information content (AvgIpc) is 3.16. The molecule has 0 aliphatic carbocycles.